The summed E-state index contributed by atoms with van der Waals surface area (Å²) in [6, 6.07) is 7.67. The molecule has 3 rings (SSSR count). The van der Waals surface area contributed by atoms with Crippen molar-refractivity contribution in [3.8, 4) is 5.88 Å². The van der Waals surface area contributed by atoms with Crippen LogP contribution in [0.3, 0.4) is 0 Å². The summed E-state index contributed by atoms with van der Waals surface area (Å²) in [4.78, 5) is 15.1. The van der Waals surface area contributed by atoms with Gasteiger partial charge in [0.05, 0.1) is 12.4 Å². The molecule has 6 nitrogen and oxygen atoms in total. The summed E-state index contributed by atoms with van der Waals surface area (Å²) in [6.45, 7) is 2.79. The smallest absolute Gasteiger partial charge is 0.234 e. The third-order valence-corrected chi connectivity index (χ3v) is 3.85. The maximum atomic E-state index is 6.17. The molecule has 0 radical (unpaired) electrons. The number of rotatable bonds is 6. The van der Waals surface area contributed by atoms with Crippen LogP contribution in [0.4, 0.5) is 11.6 Å². The first-order valence-electron chi connectivity index (χ1n) is 7.96. The number of ether oxygens (including phenoxy) is 1. The molecule has 3 aromatic rings. The van der Waals surface area contributed by atoms with Crippen LogP contribution in [0, 0.1) is 0 Å². The molecule has 0 spiro atoms. The molecule has 2 heterocycles. The van der Waals surface area contributed by atoms with Gasteiger partial charge in [0.15, 0.2) is 5.82 Å². The number of fused-ring (bicyclic) bond motifs is 1. The Kier molecular flexibility index (Phi) is 5.31. The Bertz CT molecular complexity index is 871. The lowest BCUT2D eigenvalue weighted by Gasteiger charge is -2.18. The van der Waals surface area contributed by atoms with Crippen molar-refractivity contribution in [3.05, 3.63) is 47.9 Å². The van der Waals surface area contributed by atoms with E-state index < -0.39 is 0 Å². The van der Waals surface area contributed by atoms with E-state index in [1.807, 2.05) is 45.3 Å². The van der Waals surface area contributed by atoms with Crippen molar-refractivity contribution in [2.45, 2.75) is 13.0 Å². The Balaban J connectivity index is 1.76. The molecule has 130 valence electrons. The van der Waals surface area contributed by atoms with E-state index in [1.54, 1.807) is 18.6 Å². The number of hydrogen-bond donors (Lipinski definition) is 1. The molecule has 0 amide bonds. The Morgan fingerprint density at radius 1 is 1.20 bits per heavy atom. The molecule has 0 aliphatic carbocycles. The van der Waals surface area contributed by atoms with E-state index in [9.17, 15) is 0 Å². The second kappa shape index (κ2) is 7.63. The zero-order chi connectivity index (χ0) is 17.8. The van der Waals surface area contributed by atoms with E-state index in [4.69, 9.17) is 16.3 Å². The van der Waals surface area contributed by atoms with Crippen molar-refractivity contribution < 1.29 is 4.74 Å². The molecule has 0 saturated heterocycles. The summed E-state index contributed by atoms with van der Waals surface area (Å²) in [6.07, 6.45) is 4.99. The van der Waals surface area contributed by atoms with Gasteiger partial charge >= 0.3 is 0 Å². The van der Waals surface area contributed by atoms with Gasteiger partial charge in [-0.3, -0.25) is 4.98 Å². The highest BCUT2D eigenvalue weighted by Gasteiger charge is 2.08. The number of aromatic nitrogens is 3. The fourth-order valence-corrected chi connectivity index (χ4v) is 2.79. The van der Waals surface area contributed by atoms with Crippen molar-refractivity contribution in [1.29, 1.82) is 0 Å². The number of pyridine rings is 1. The second-order valence-electron chi connectivity index (χ2n) is 6.09. The normalized spacial score (nSPS) is 12.4. The minimum Gasteiger partial charge on any atom is -0.472 e. The van der Waals surface area contributed by atoms with Crippen LogP contribution in [0.1, 0.15) is 6.92 Å². The number of anilines is 2. The lowest BCUT2D eigenvalue weighted by molar-refractivity contribution is 0.170. The molecule has 0 fully saturated rings. The van der Waals surface area contributed by atoms with Crippen molar-refractivity contribution in [2.24, 2.45) is 0 Å². The van der Waals surface area contributed by atoms with Crippen molar-refractivity contribution in [3.63, 3.8) is 0 Å². The van der Waals surface area contributed by atoms with Gasteiger partial charge in [0.25, 0.3) is 0 Å². The van der Waals surface area contributed by atoms with Crippen LogP contribution in [-0.4, -0.2) is 46.6 Å². The Morgan fingerprint density at radius 2 is 2.04 bits per heavy atom. The quantitative estimate of drug-likeness (QED) is 0.724. The van der Waals surface area contributed by atoms with Gasteiger partial charge in [-0.25, -0.2) is 4.98 Å². The minimum atomic E-state index is 0.0143. The standard InChI is InChI=1S/C18H20ClN5O/c1-12(11-24(2)3)25-18-10-20-9-17(23-18)22-16-7-13-5-4-6-15(19)14(13)8-21-16/h4-10,12H,11H2,1-3H3,(H,21,22,23)/t12-/m1/s1. The van der Waals surface area contributed by atoms with Crippen LogP contribution < -0.4 is 10.1 Å². The Morgan fingerprint density at radius 3 is 2.84 bits per heavy atom. The van der Waals surface area contributed by atoms with Crippen LogP contribution in [0.25, 0.3) is 10.8 Å². The number of halogens is 1. The van der Waals surface area contributed by atoms with Crippen LogP contribution in [-0.2, 0) is 0 Å². The summed E-state index contributed by atoms with van der Waals surface area (Å²) in [5.74, 6) is 1.72. The zero-order valence-corrected chi connectivity index (χ0v) is 15.2. The highest BCUT2D eigenvalue weighted by Crippen LogP contribution is 2.25. The number of nitrogens with zero attached hydrogens (tertiary/aromatic N) is 4. The Hall–Kier alpha value is -2.44. The largest absolute Gasteiger partial charge is 0.472 e. The van der Waals surface area contributed by atoms with Crippen LogP contribution in [0.2, 0.25) is 5.02 Å². The third-order valence-electron chi connectivity index (χ3n) is 3.52. The van der Waals surface area contributed by atoms with Crippen molar-refractivity contribution in [1.82, 2.24) is 19.9 Å². The van der Waals surface area contributed by atoms with Crippen LogP contribution in [0.15, 0.2) is 42.9 Å². The van der Waals surface area contributed by atoms with Gasteiger partial charge in [0.1, 0.15) is 11.9 Å². The van der Waals surface area contributed by atoms with Gasteiger partial charge in [-0.05, 0) is 38.5 Å². The van der Waals surface area contributed by atoms with E-state index >= 15 is 0 Å². The van der Waals surface area contributed by atoms with E-state index in [0.29, 0.717) is 22.5 Å². The number of likely N-dealkylation sites (N-methyl/N-ethyl adjacent to an activating group) is 1. The molecule has 2 aromatic heterocycles. The van der Waals surface area contributed by atoms with E-state index in [-0.39, 0.29) is 6.10 Å². The van der Waals surface area contributed by atoms with Gasteiger partial charge in [-0.15, -0.1) is 0 Å². The fraction of sp³-hybridized carbons (Fsp3) is 0.278. The van der Waals surface area contributed by atoms with Gasteiger partial charge in [0, 0.05) is 23.2 Å². The van der Waals surface area contributed by atoms with Crippen molar-refractivity contribution in [2.75, 3.05) is 26.0 Å². The Labute approximate surface area is 151 Å². The van der Waals surface area contributed by atoms with Gasteiger partial charge in [-0.1, -0.05) is 23.7 Å². The average Bonchev–Trinajstić information content (AvgIpc) is 2.54. The first kappa shape index (κ1) is 17.4. The lowest BCUT2D eigenvalue weighted by atomic mass is 10.2. The SMILES string of the molecule is C[C@H](CN(C)C)Oc1cncc(Nc2cc3cccc(Cl)c3cn2)n1. The highest BCUT2D eigenvalue weighted by molar-refractivity contribution is 6.35. The summed E-state index contributed by atoms with van der Waals surface area (Å²) < 4.78 is 5.80. The molecule has 1 atom stereocenters. The van der Waals surface area contributed by atoms with Crippen LogP contribution in [0.5, 0.6) is 5.88 Å². The summed E-state index contributed by atoms with van der Waals surface area (Å²) >= 11 is 6.17. The molecule has 0 aliphatic rings. The summed E-state index contributed by atoms with van der Waals surface area (Å²) in [7, 11) is 4.00. The second-order valence-corrected chi connectivity index (χ2v) is 6.50. The predicted molar refractivity (Wildman–Crippen MR) is 101 cm³/mol. The van der Waals surface area contributed by atoms with Crippen molar-refractivity contribution >= 4 is 34.0 Å². The first-order valence-corrected chi connectivity index (χ1v) is 8.34. The summed E-state index contributed by atoms with van der Waals surface area (Å²) in [5, 5.41) is 5.75. The predicted octanol–water partition coefficient (Wildman–Crippen LogP) is 3.75. The summed E-state index contributed by atoms with van der Waals surface area (Å²) in [5.41, 5.74) is 0. The van der Waals surface area contributed by atoms with Gasteiger partial charge in [0.2, 0.25) is 5.88 Å². The molecule has 0 aliphatic heterocycles. The third kappa shape index (κ3) is 4.55. The average molecular weight is 358 g/mol. The molecular weight excluding hydrogens is 338 g/mol. The van der Waals surface area contributed by atoms with E-state index in [2.05, 4.69) is 25.2 Å². The molecule has 0 unspecified atom stereocenters. The van der Waals surface area contributed by atoms with Gasteiger partial charge < -0.3 is 15.0 Å². The van der Waals surface area contributed by atoms with E-state index in [0.717, 1.165) is 17.3 Å². The maximum absolute atomic E-state index is 6.17. The molecule has 1 aromatic carbocycles. The minimum absolute atomic E-state index is 0.0143. The monoisotopic (exact) mass is 357 g/mol. The molecule has 1 N–H and O–H groups in total. The molecule has 7 heteroatoms. The number of benzene rings is 1. The van der Waals surface area contributed by atoms with Crippen LogP contribution >= 0.6 is 11.6 Å². The number of hydrogen-bond acceptors (Lipinski definition) is 6. The number of nitrogens with one attached hydrogen (secondary N) is 1. The highest BCUT2D eigenvalue weighted by atomic mass is 35.5. The molecule has 25 heavy (non-hydrogen) atoms. The lowest BCUT2D eigenvalue weighted by Crippen LogP contribution is -2.28. The topological polar surface area (TPSA) is 63.2 Å². The fourth-order valence-electron chi connectivity index (χ4n) is 2.56. The first-order chi connectivity index (χ1) is 12.0. The molecule has 0 saturated carbocycles. The molecule has 0 bridgehead atoms. The zero-order valence-electron chi connectivity index (χ0n) is 14.4. The maximum Gasteiger partial charge on any atom is 0.234 e. The molecular formula is C18H20ClN5O. The van der Waals surface area contributed by atoms with Gasteiger partial charge in [-0.2, -0.15) is 4.98 Å². The van der Waals surface area contributed by atoms with E-state index in [1.165, 1.54) is 0 Å².